The Morgan fingerprint density at radius 2 is 2.19 bits per heavy atom. The number of hydrogen-bond acceptors (Lipinski definition) is 3. The van der Waals surface area contributed by atoms with Crippen molar-refractivity contribution in [3.63, 3.8) is 0 Å². The third-order valence-electron chi connectivity index (χ3n) is 2.05. The van der Waals surface area contributed by atoms with Crippen LogP contribution in [0.1, 0.15) is 10.4 Å². The summed E-state index contributed by atoms with van der Waals surface area (Å²) < 4.78 is 0. The summed E-state index contributed by atoms with van der Waals surface area (Å²) in [4.78, 5) is 13.6. The Bertz CT molecular complexity index is 380. The quantitative estimate of drug-likeness (QED) is 0.838. The summed E-state index contributed by atoms with van der Waals surface area (Å²) in [7, 11) is 3.85. The number of aromatic hydroxyl groups is 1. The van der Waals surface area contributed by atoms with Gasteiger partial charge in [-0.25, -0.2) is 0 Å². The van der Waals surface area contributed by atoms with E-state index in [4.69, 9.17) is 11.6 Å². The second-order valence-electron chi connectivity index (χ2n) is 3.72. The van der Waals surface area contributed by atoms with E-state index in [-0.39, 0.29) is 17.2 Å². The fourth-order valence-electron chi connectivity index (χ4n) is 1.19. The van der Waals surface area contributed by atoms with E-state index in [9.17, 15) is 9.90 Å². The summed E-state index contributed by atoms with van der Waals surface area (Å²) >= 11 is 5.67. The van der Waals surface area contributed by atoms with E-state index in [1.54, 1.807) is 6.07 Å². The number of nitrogens with one attached hydrogen (secondary N) is 1. The Labute approximate surface area is 99.8 Å². The van der Waals surface area contributed by atoms with Crippen LogP contribution < -0.4 is 5.32 Å². The van der Waals surface area contributed by atoms with Crippen molar-refractivity contribution >= 4 is 17.5 Å². The number of carbonyl (C=O) groups is 1. The third kappa shape index (κ3) is 3.72. The number of benzene rings is 1. The summed E-state index contributed by atoms with van der Waals surface area (Å²) in [6.07, 6.45) is 0. The smallest absolute Gasteiger partial charge is 0.255 e. The molecule has 1 amide bonds. The van der Waals surface area contributed by atoms with E-state index in [2.05, 4.69) is 5.32 Å². The van der Waals surface area contributed by atoms with Crippen molar-refractivity contribution in [2.45, 2.75) is 0 Å². The number of nitrogens with zero attached hydrogens (tertiary/aromatic N) is 1. The van der Waals surface area contributed by atoms with Gasteiger partial charge in [0.25, 0.3) is 5.91 Å². The molecule has 1 aromatic rings. The summed E-state index contributed by atoms with van der Waals surface area (Å²) in [6.45, 7) is 1.29. The SMILES string of the molecule is CN(C)CCNC(=O)c1ccc(Cl)cc1O. The van der Waals surface area contributed by atoms with Crippen LogP contribution >= 0.6 is 11.6 Å². The monoisotopic (exact) mass is 242 g/mol. The largest absolute Gasteiger partial charge is 0.507 e. The Morgan fingerprint density at radius 3 is 2.75 bits per heavy atom. The van der Waals surface area contributed by atoms with Crippen molar-refractivity contribution in [1.29, 1.82) is 0 Å². The number of amides is 1. The minimum Gasteiger partial charge on any atom is -0.507 e. The highest BCUT2D eigenvalue weighted by molar-refractivity contribution is 6.30. The highest BCUT2D eigenvalue weighted by atomic mass is 35.5. The van der Waals surface area contributed by atoms with Crippen LogP contribution in [0.5, 0.6) is 5.75 Å². The molecule has 0 aromatic heterocycles. The van der Waals surface area contributed by atoms with Crippen LogP contribution in [-0.4, -0.2) is 43.1 Å². The lowest BCUT2D eigenvalue weighted by Crippen LogP contribution is -2.31. The van der Waals surface area contributed by atoms with Gasteiger partial charge < -0.3 is 15.3 Å². The van der Waals surface area contributed by atoms with Gasteiger partial charge in [-0.2, -0.15) is 0 Å². The van der Waals surface area contributed by atoms with Crippen LogP contribution in [0.4, 0.5) is 0 Å². The van der Waals surface area contributed by atoms with Gasteiger partial charge in [0.2, 0.25) is 0 Å². The molecular formula is C11H15ClN2O2. The third-order valence-corrected chi connectivity index (χ3v) is 2.28. The molecule has 5 heteroatoms. The molecular weight excluding hydrogens is 228 g/mol. The normalized spacial score (nSPS) is 10.5. The first-order valence-electron chi connectivity index (χ1n) is 4.92. The van der Waals surface area contributed by atoms with Crippen LogP contribution in [0.3, 0.4) is 0 Å². The average molecular weight is 243 g/mol. The zero-order chi connectivity index (χ0) is 12.1. The van der Waals surface area contributed by atoms with E-state index < -0.39 is 0 Å². The molecule has 0 aliphatic heterocycles. The summed E-state index contributed by atoms with van der Waals surface area (Å²) in [6, 6.07) is 4.42. The number of carbonyl (C=O) groups excluding carboxylic acids is 1. The number of halogens is 1. The molecule has 0 spiro atoms. The molecule has 1 aromatic carbocycles. The predicted molar refractivity (Wildman–Crippen MR) is 64.0 cm³/mol. The molecule has 0 saturated heterocycles. The number of phenols is 1. The first-order chi connectivity index (χ1) is 7.50. The molecule has 0 heterocycles. The van der Waals surface area contributed by atoms with Gasteiger partial charge in [0.05, 0.1) is 5.56 Å². The van der Waals surface area contributed by atoms with Gasteiger partial charge in [0.1, 0.15) is 5.75 Å². The van der Waals surface area contributed by atoms with E-state index in [1.165, 1.54) is 12.1 Å². The second kappa shape index (κ2) is 5.72. The number of phenolic OH excluding ortho intramolecular Hbond substituents is 1. The zero-order valence-corrected chi connectivity index (χ0v) is 10.1. The Morgan fingerprint density at radius 1 is 1.50 bits per heavy atom. The van der Waals surface area contributed by atoms with Crippen molar-refractivity contribution in [1.82, 2.24) is 10.2 Å². The zero-order valence-electron chi connectivity index (χ0n) is 9.33. The van der Waals surface area contributed by atoms with Crippen molar-refractivity contribution in [3.05, 3.63) is 28.8 Å². The first kappa shape index (κ1) is 12.8. The highest BCUT2D eigenvalue weighted by Crippen LogP contribution is 2.21. The van der Waals surface area contributed by atoms with Crippen LogP contribution in [-0.2, 0) is 0 Å². The minimum absolute atomic E-state index is 0.102. The predicted octanol–water partition coefficient (Wildman–Crippen LogP) is 1.34. The second-order valence-corrected chi connectivity index (χ2v) is 4.16. The minimum atomic E-state index is -0.295. The van der Waals surface area contributed by atoms with Crippen molar-refractivity contribution in [2.24, 2.45) is 0 Å². The number of rotatable bonds is 4. The fraction of sp³-hybridized carbons (Fsp3) is 0.364. The van der Waals surface area contributed by atoms with Crippen LogP contribution in [0, 0.1) is 0 Å². The van der Waals surface area contributed by atoms with Gasteiger partial charge in [-0.1, -0.05) is 11.6 Å². The molecule has 0 bridgehead atoms. The number of hydrogen-bond donors (Lipinski definition) is 2. The Hall–Kier alpha value is -1.26. The van der Waals surface area contributed by atoms with E-state index in [1.807, 2.05) is 19.0 Å². The molecule has 0 radical (unpaired) electrons. The fourth-order valence-corrected chi connectivity index (χ4v) is 1.35. The molecule has 16 heavy (non-hydrogen) atoms. The van der Waals surface area contributed by atoms with Gasteiger partial charge in [-0.15, -0.1) is 0 Å². The number of likely N-dealkylation sites (N-methyl/N-ethyl adjacent to an activating group) is 1. The van der Waals surface area contributed by atoms with Crippen molar-refractivity contribution in [3.8, 4) is 5.75 Å². The lowest BCUT2D eigenvalue weighted by atomic mass is 10.2. The molecule has 0 aliphatic carbocycles. The maximum Gasteiger partial charge on any atom is 0.255 e. The summed E-state index contributed by atoms with van der Waals surface area (Å²) in [5.41, 5.74) is 0.239. The first-order valence-corrected chi connectivity index (χ1v) is 5.30. The van der Waals surface area contributed by atoms with Gasteiger partial charge in [-0.05, 0) is 32.3 Å². The van der Waals surface area contributed by atoms with E-state index in [0.29, 0.717) is 11.6 Å². The highest BCUT2D eigenvalue weighted by Gasteiger charge is 2.10. The molecule has 0 saturated carbocycles. The summed E-state index contributed by atoms with van der Waals surface area (Å²) in [5.74, 6) is -0.397. The van der Waals surface area contributed by atoms with E-state index in [0.717, 1.165) is 6.54 Å². The molecule has 1 rings (SSSR count). The van der Waals surface area contributed by atoms with Gasteiger partial charge >= 0.3 is 0 Å². The van der Waals surface area contributed by atoms with Gasteiger partial charge in [0.15, 0.2) is 0 Å². The maximum absolute atomic E-state index is 11.6. The Balaban J connectivity index is 2.59. The standard InChI is InChI=1S/C11H15ClN2O2/c1-14(2)6-5-13-11(16)9-4-3-8(12)7-10(9)15/h3-4,7,15H,5-6H2,1-2H3,(H,13,16). The summed E-state index contributed by atoms with van der Waals surface area (Å²) in [5, 5.41) is 12.6. The van der Waals surface area contributed by atoms with Crippen LogP contribution in [0.15, 0.2) is 18.2 Å². The topological polar surface area (TPSA) is 52.6 Å². The van der Waals surface area contributed by atoms with Gasteiger partial charge in [-0.3, -0.25) is 4.79 Å². The van der Waals surface area contributed by atoms with Gasteiger partial charge in [0, 0.05) is 18.1 Å². The molecule has 0 fully saturated rings. The maximum atomic E-state index is 11.6. The van der Waals surface area contributed by atoms with Crippen LogP contribution in [0.2, 0.25) is 5.02 Å². The molecule has 88 valence electrons. The molecule has 0 aliphatic rings. The van der Waals surface area contributed by atoms with Crippen molar-refractivity contribution in [2.75, 3.05) is 27.2 Å². The molecule has 0 atom stereocenters. The van der Waals surface area contributed by atoms with Crippen LogP contribution in [0.25, 0.3) is 0 Å². The lowest BCUT2D eigenvalue weighted by Gasteiger charge is -2.11. The van der Waals surface area contributed by atoms with E-state index >= 15 is 0 Å². The molecule has 0 unspecified atom stereocenters. The van der Waals surface area contributed by atoms with Crippen molar-refractivity contribution < 1.29 is 9.90 Å². The molecule has 2 N–H and O–H groups in total. The Kier molecular flexibility index (Phi) is 4.58. The molecule has 4 nitrogen and oxygen atoms in total. The lowest BCUT2D eigenvalue weighted by molar-refractivity contribution is 0.0948. The average Bonchev–Trinajstić information content (AvgIpc) is 2.16.